The highest BCUT2D eigenvalue weighted by Gasteiger charge is 2.21. The van der Waals surface area contributed by atoms with Crippen molar-refractivity contribution in [2.45, 2.75) is 51.0 Å². The van der Waals surface area contributed by atoms with Gasteiger partial charge in [-0.3, -0.25) is 4.79 Å². The number of amides is 1. The van der Waals surface area contributed by atoms with Crippen LogP contribution in [0.5, 0.6) is 0 Å². The van der Waals surface area contributed by atoms with Gasteiger partial charge in [0.15, 0.2) is 0 Å². The summed E-state index contributed by atoms with van der Waals surface area (Å²) in [5, 5.41) is 4.37. The Bertz CT molecular complexity index is 627. The lowest BCUT2D eigenvalue weighted by Gasteiger charge is -2.27. The zero-order valence-corrected chi connectivity index (χ0v) is 13.8. The predicted octanol–water partition coefficient (Wildman–Crippen LogP) is 3.60. The molecule has 0 N–H and O–H groups in total. The smallest absolute Gasteiger partial charge is 0.227 e. The number of rotatable bonds is 4. The Balaban J connectivity index is 1.62. The molecule has 1 aliphatic rings. The first-order valence-corrected chi connectivity index (χ1v) is 8.58. The van der Waals surface area contributed by atoms with Crippen LogP contribution in [0.1, 0.15) is 44.1 Å². The van der Waals surface area contributed by atoms with Crippen LogP contribution in [0.25, 0.3) is 5.69 Å². The van der Waals surface area contributed by atoms with Crippen molar-refractivity contribution in [3.05, 3.63) is 48.3 Å². The van der Waals surface area contributed by atoms with Crippen molar-refractivity contribution in [1.29, 1.82) is 0 Å². The molecule has 0 aliphatic heterocycles. The van der Waals surface area contributed by atoms with Crippen LogP contribution in [0.15, 0.2) is 42.7 Å². The van der Waals surface area contributed by atoms with Crippen LogP contribution < -0.4 is 0 Å². The fraction of sp³-hybridized carbons (Fsp3) is 0.474. The topological polar surface area (TPSA) is 38.1 Å². The lowest BCUT2D eigenvalue weighted by atomic mass is 10.1. The molecule has 1 aromatic carbocycles. The molecule has 122 valence electrons. The molecule has 1 saturated carbocycles. The zero-order chi connectivity index (χ0) is 16.1. The van der Waals surface area contributed by atoms with Gasteiger partial charge >= 0.3 is 0 Å². The van der Waals surface area contributed by atoms with Crippen LogP contribution in [-0.4, -0.2) is 33.7 Å². The lowest BCUT2D eigenvalue weighted by Crippen LogP contribution is -2.37. The van der Waals surface area contributed by atoms with Crippen LogP contribution in [0.4, 0.5) is 0 Å². The number of hydrogen-bond donors (Lipinski definition) is 0. The Morgan fingerprint density at radius 2 is 1.87 bits per heavy atom. The first-order valence-electron chi connectivity index (χ1n) is 8.58. The Morgan fingerprint density at radius 3 is 2.57 bits per heavy atom. The number of nitrogens with zero attached hydrogens (tertiary/aromatic N) is 3. The van der Waals surface area contributed by atoms with Crippen LogP contribution in [-0.2, 0) is 11.2 Å². The van der Waals surface area contributed by atoms with E-state index in [2.05, 4.69) is 5.10 Å². The first kappa shape index (κ1) is 15.8. The molecule has 0 bridgehead atoms. The van der Waals surface area contributed by atoms with Crippen molar-refractivity contribution in [1.82, 2.24) is 14.7 Å². The van der Waals surface area contributed by atoms with Gasteiger partial charge < -0.3 is 4.90 Å². The maximum atomic E-state index is 12.6. The Labute approximate surface area is 138 Å². The molecule has 1 heterocycles. The van der Waals surface area contributed by atoms with Crippen LogP contribution in [0.2, 0.25) is 0 Å². The number of carbonyl (C=O) groups excluding carboxylic acids is 1. The molecule has 0 atom stereocenters. The van der Waals surface area contributed by atoms with E-state index < -0.39 is 0 Å². The molecule has 1 aliphatic carbocycles. The zero-order valence-electron chi connectivity index (χ0n) is 13.8. The molecule has 4 nitrogen and oxygen atoms in total. The molecule has 1 amide bonds. The molecule has 23 heavy (non-hydrogen) atoms. The van der Waals surface area contributed by atoms with E-state index in [1.54, 1.807) is 6.20 Å². The molecule has 2 aromatic rings. The highest BCUT2D eigenvalue weighted by atomic mass is 16.2. The van der Waals surface area contributed by atoms with E-state index in [1.165, 1.54) is 25.7 Å². The number of benzene rings is 1. The van der Waals surface area contributed by atoms with Gasteiger partial charge in [-0.2, -0.15) is 5.10 Å². The normalized spacial score (nSPS) is 16.0. The third kappa shape index (κ3) is 4.01. The average molecular weight is 311 g/mol. The molecular formula is C19H25N3O. The number of aromatic nitrogens is 2. The summed E-state index contributed by atoms with van der Waals surface area (Å²) in [6, 6.07) is 10.4. The molecule has 4 heteroatoms. The minimum Gasteiger partial charge on any atom is -0.342 e. The van der Waals surface area contributed by atoms with Gasteiger partial charge in [-0.15, -0.1) is 0 Å². The molecule has 0 spiro atoms. The van der Waals surface area contributed by atoms with Gasteiger partial charge in [0.2, 0.25) is 5.91 Å². The van der Waals surface area contributed by atoms with Crippen molar-refractivity contribution in [2.24, 2.45) is 0 Å². The summed E-state index contributed by atoms with van der Waals surface area (Å²) in [6.07, 6.45) is 11.6. The van der Waals surface area contributed by atoms with Crippen molar-refractivity contribution in [2.75, 3.05) is 7.05 Å². The van der Waals surface area contributed by atoms with Gasteiger partial charge in [-0.1, -0.05) is 43.9 Å². The molecule has 3 rings (SSSR count). The van der Waals surface area contributed by atoms with Crippen molar-refractivity contribution in [3.63, 3.8) is 0 Å². The third-order valence-electron chi connectivity index (χ3n) is 4.78. The predicted molar refractivity (Wildman–Crippen MR) is 91.5 cm³/mol. The number of hydrogen-bond acceptors (Lipinski definition) is 2. The van der Waals surface area contributed by atoms with Crippen LogP contribution in [0, 0.1) is 0 Å². The summed E-state index contributed by atoms with van der Waals surface area (Å²) in [5.41, 5.74) is 1.99. The van der Waals surface area contributed by atoms with Crippen LogP contribution >= 0.6 is 0 Å². The molecule has 1 fully saturated rings. The van der Waals surface area contributed by atoms with Gasteiger partial charge in [-0.05, 0) is 30.5 Å². The largest absolute Gasteiger partial charge is 0.342 e. The molecule has 1 aromatic heterocycles. The monoisotopic (exact) mass is 311 g/mol. The van der Waals surface area contributed by atoms with Gasteiger partial charge in [0.25, 0.3) is 0 Å². The van der Waals surface area contributed by atoms with Gasteiger partial charge in [-0.25, -0.2) is 4.68 Å². The van der Waals surface area contributed by atoms with E-state index in [4.69, 9.17) is 0 Å². The summed E-state index contributed by atoms with van der Waals surface area (Å²) in [5.74, 6) is 0.199. The average Bonchev–Trinajstić information content (AvgIpc) is 2.88. The van der Waals surface area contributed by atoms with E-state index in [0.29, 0.717) is 12.5 Å². The van der Waals surface area contributed by atoms with Crippen molar-refractivity contribution < 1.29 is 4.79 Å². The summed E-state index contributed by atoms with van der Waals surface area (Å²) >= 11 is 0. The SMILES string of the molecule is CN(C(=O)Cc1cnn(-c2ccccc2)c1)C1CCCCCC1. The fourth-order valence-corrected chi connectivity index (χ4v) is 3.32. The highest BCUT2D eigenvalue weighted by molar-refractivity contribution is 5.78. The summed E-state index contributed by atoms with van der Waals surface area (Å²) in [7, 11) is 1.96. The Morgan fingerprint density at radius 1 is 1.17 bits per heavy atom. The number of para-hydroxylation sites is 1. The number of carbonyl (C=O) groups is 1. The van der Waals surface area contributed by atoms with Gasteiger partial charge in [0, 0.05) is 19.3 Å². The van der Waals surface area contributed by atoms with E-state index >= 15 is 0 Å². The molecule has 0 unspecified atom stereocenters. The van der Waals surface area contributed by atoms with Crippen molar-refractivity contribution >= 4 is 5.91 Å². The molecule has 0 saturated heterocycles. The first-order chi connectivity index (χ1) is 11.2. The fourth-order valence-electron chi connectivity index (χ4n) is 3.32. The van der Waals surface area contributed by atoms with E-state index in [0.717, 1.165) is 24.1 Å². The van der Waals surface area contributed by atoms with Crippen LogP contribution in [0.3, 0.4) is 0 Å². The minimum absolute atomic E-state index is 0.199. The quantitative estimate of drug-likeness (QED) is 0.809. The third-order valence-corrected chi connectivity index (χ3v) is 4.78. The minimum atomic E-state index is 0.199. The second-order valence-corrected chi connectivity index (χ2v) is 6.46. The summed E-state index contributed by atoms with van der Waals surface area (Å²) in [6.45, 7) is 0. The van der Waals surface area contributed by atoms with E-state index in [-0.39, 0.29) is 5.91 Å². The maximum Gasteiger partial charge on any atom is 0.227 e. The highest BCUT2D eigenvalue weighted by Crippen LogP contribution is 2.21. The standard InChI is InChI=1S/C19H25N3O/c1-21(17-9-5-2-3-6-10-17)19(23)13-16-14-20-22(15-16)18-11-7-4-8-12-18/h4,7-8,11-12,14-15,17H,2-3,5-6,9-10,13H2,1H3. The Hall–Kier alpha value is -2.10. The second-order valence-electron chi connectivity index (χ2n) is 6.46. The lowest BCUT2D eigenvalue weighted by molar-refractivity contribution is -0.131. The second kappa shape index (κ2) is 7.44. The molecule has 0 radical (unpaired) electrons. The van der Waals surface area contributed by atoms with Crippen molar-refractivity contribution in [3.8, 4) is 5.69 Å². The Kier molecular flexibility index (Phi) is 5.11. The summed E-state index contributed by atoms with van der Waals surface area (Å²) < 4.78 is 1.83. The van der Waals surface area contributed by atoms with Gasteiger partial charge in [0.05, 0.1) is 18.3 Å². The molecular weight excluding hydrogens is 286 g/mol. The van der Waals surface area contributed by atoms with E-state index in [9.17, 15) is 4.79 Å². The maximum absolute atomic E-state index is 12.6. The number of likely N-dealkylation sites (N-methyl/N-ethyl adjacent to an activating group) is 1. The van der Waals surface area contributed by atoms with Gasteiger partial charge in [0.1, 0.15) is 0 Å². The summed E-state index contributed by atoms with van der Waals surface area (Å²) in [4.78, 5) is 14.5. The van der Waals surface area contributed by atoms with E-state index in [1.807, 2.05) is 53.2 Å².